The lowest BCUT2D eigenvalue weighted by molar-refractivity contribution is 0.368. The SMILES string of the molecule is CC1(C)C(C#N)C1c1nc(-c2cccc(F)c2)no1. The quantitative estimate of drug-likeness (QED) is 0.829. The summed E-state index contributed by atoms with van der Waals surface area (Å²) in [6.07, 6.45) is 0. The van der Waals surface area contributed by atoms with Crippen molar-refractivity contribution in [3.8, 4) is 17.5 Å². The summed E-state index contributed by atoms with van der Waals surface area (Å²) in [5.74, 6) is 0.329. The zero-order chi connectivity index (χ0) is 13.6. The minimum Gasteiger partial charge on any atom is -0.339 e. The van der Waals surface area contributed by atoms with Gasteiger partial charge in [-0.25, -0.2) is 4.39 Å². The van der Waals surface area contributed by atoms with Gasteiger partial charge in [-0.1, -0.05) is 31.1 Å². The first-order valence-corrected chi connectivity index (χ1v) is 6.03. The third-order valence-electron chi connectivity index (χ3n) is 3.76. The summed E-state index contributed by atoms with van der Waals surface area (Å²) in [4.78, 5) is 4.28. The Morgan fingerprint density at radius 1 is 1.42 bits per heavy atom. The number of nitriles is 1. The third-order valence-corrected chi connectivity index (χ3v) is 3.76. The van der Waals surface area contributed by atoms with Crippen LogP contribution in [0.5, 0.6) is 0 Å². The van der Waals surface area contributed by atoms with E-state index in [1.807, 2.05) is 13.8 Å². The average molecular weight is 257 g/mol. The number of nitrogens with zero attached hydrogens (tertiary/aromatic N) is 3. The first-order chi connectivity index (χ1) is 9.04. The summed E-state index contributed by atoms with van der Waals surface area (Å²) in [7, 11) is 0. The van der Waals surface area contributed by atoms with Crippen molar-refractivity contribution in [1.29, 1.82) is 5.26 Å². The standard InChI is InChI=1S/C14H12FN3O/c1-14(2)10(7-16)11(14)13-17-12(18-19-13)8-4-3-5-9(15)6-8/h3-6,10-11H,1-2H3. The zero-order valence-electron chi connectivity index (χ0n) is 10.6. The van der Waals surface area contributed by atoms with Gasteiger partial charge in [0.2, 0.25) is 11.7 Å². The first kappa shape index (κ1) is 11.8. The van der Waals surface area contributed by atoms with Gasteiger partial charge in [0.1, 0.15) is 5.82 Å². The third kappa shape index (κ3) is 1.80. The van der Waals surface area contributed by atoms with Gasteiger partial charge in [-0.2, -0.15) is 10.2 Å². The monoisotopic (exact) mass is 257 g/mol. The molecule has 1 fully saturated rings. The molecule has 0 bridgehead atoms. The Morgan fingerprint density at radius 3 is 2.84 bits per heavy atom. The average Bonchev–Trinajstić information content (AvgIpc) is 2.76. The molecule has 1 saturated carbocycles. The smallest absolute Gasteiger partial charge is 0.232 e. The molecule has 0 aliphatic heterocycles. The summed E-state index contributed by atoms with van der Waals surface area (Å²) >= 11 is 0. The Kier molecular flexibility index (Phi) is 2.42. The van der Waals surface area contributed by atoms with Crippen LogP contribution in [0.2, 0.25) is 0 Å². The fraction of sp³-hybridized carbons (Fsp3) is 0.357. The number of hydrogen-bond donors (Lipinski definition) is 0. The molecule has 2 atom stereocenters. The molecule has 0 amide bonds. The second-order valence-corrected chi connectivity index (χ2v) is 5.37. The maximum atomic E-state index is 13.1. The van der Waals surface area contributed by atoms with Gasteiger partial charge in [-0.15, -0.1) is 0 Å². The first-order valence-electron chi connectivity index (χ1n) is 6.03. The Labute approximate surface area is 109 Å². The molecule has 0 saturated heterocycles. The number of aromatic nitrogens is 2. The molecule has 1 aliphatic carbocycles. The predicted octanol–water partition coefficient (Wildman–Crippen LogP) is 3.14. The molecule has 3 rings (SSSR count). The number of halogens is 1. The highest BCUT2D eigenvalue weighted by molar-refractivity contribution is 5.54. The van der Waals surface area contributed by atoms with Crippen LogP contribution in [-0.4, -0.2) is 10.1 Å². The van der Waals surface area contributed by atoms with Gasteiger partial charge >= 0.3 is 0 Å². The minimum absolute atomic E-state index is 0.0349. The summed E-state index contributed by atoms with van der Waals surface area (Å²) < 4.78 is 18.4. The normalized spacial score (nSPS) is 23.9. The molecule has 0 radical (unpaired) electrons. The van der Waals surface area contributed by atoms with Gasteiger partial charge in [-0.05, 0) is 17.5 Å². The van der Waals surface area contributed by atoms with Gasteiger partial charge < -0.3 is 4.52 Å². The van der Waals surface area contributed by atoms with Crippen molar-refractivity contribution < 1.29 is 8.91 Å². The van der Waals surface area contributed by atoms with Crippen molar-refractivity contribution in [3.05, 3.63) is 36.0 Å². The van der Waals surface area contributed by atoms with E-state index in [0.29, 0.717) is 17.3 Å². The highest BCUT2D eigenvalue weighted by Crippen LogP contribution is 2.63. The molecule has 4 nitrogen and oxygen atoms in total. The molecule has 19 heavy (non-hydrogen) atoms. The largest absolute Gasteiger partial charge is 0.339 e. The van der Waals surface area contributed by atoms with E-state index >= 15 is 0 Å². The van der Waals surface area contributed by atoms with Crippen LogP contribution in [0.15, 0.2) is 28.8 Å². The van der Waals surface area contributed by atoms with E-state index in [4.69, 9.17) is 9.78 Å². The lowest BCUT2D eigenvalue weighted by Gasteiger charge is -1.95. The molecule has 1 aliphatic rings. The molecule has 1 aromatic heterocycles. The second-order valence-electron chi connectivity index (χ2n) is 5.37. The van der Waals surface area contributed by atoms with Crippen molar-refractivity contribution in [2.45, 2.75) is 19.8 Å². The van der Waals surface area contributed by atoms with Crippen LogP contribution in [0.4, 0.5) is 4.39 Å². The van der Waals surface area contributed by atoms with Crippen molar-refractivity contribution in [2.75, 3.05) is 0 Å². The Morgan fingerprint density at radius 2 is 2.21 bits per heavy atom. The van der Waals surface area contributed by atoms with E-state index in [1.54, 1.807) is 12.1 Å². The maximum Gasteiger partial charge on any atom is 0.232 e. The molecule has 96 valence electrons. The fourth-order valence-corrected chi connectivity index (χ4v) is 2.45. The van der Waals surface area contributed by atoms with Crippen molar-refractivity contribution >= 4 is 0 Å². The lowest BCUT2D eigenvalue weighted by atomic mass is 10.1. The highest BCUT2D eigenvalue weighted by Gasteiger charge is 2.62. The van der Waals surface area contributed by atoms with Gasteiger partial charge in [0.05, 0.1) is 17.9 Å². The van der Waals surface area contributed by atoms with Crippen LogP contribution in [0, 0.1) is 28.5 Å². The van der Waals surface area contributed by atoms with Crippen molar-refractivity contribution in [1.82, 2.24) is 10.1 Å². The summed E-state index contributed by atoms with van der Waals surface area (Å²) in [5, 5.41) is 12.9. The molecule has 5 heteroatoms. The summed E-state index contributed by atoms with van der Waals surface area (Å²) in [6.45, 7) is 4.00. The van der Waals surface area contributed by atoms with Crippen molar-refractivity contribution in [3.63, 3.8) is 0 Å². The fourth-order valence-electron chi connectivity index (χ4n) is 2.45. The minimum atomic E-state index is -0.342. The maximum absolute atomic E-state index is 13.1. The molecular weight excluding hydrogens is 245 g/mol. The van der Waals surface area contributed by atoms with Crippen LogP contribution in [0.25, 0.3) is 11.4 Å². The molecule has 0 N–H and O–H groups in total. The Hall–Kier alpha value is -2.22. The summed E-state index contributed by atoms with van der Waals surface area (Å²) in [5.41, 5.74) is 0.433. The molecule has 2 aromatic rings. The van der Waals surface area contributed by atoms with Crippen LogP contribution in [-0.2, 0) is 0 Å². The number of rotatable bonds is 2. The molecule has 2 unspecified atom stereocenters. The van der Waals surface area contributed by atoms with E-state index in [1.165, 1.54) is 12.1 Å². The molecular formula is C14H12FN3O. The zero-order valence-corrected chi connectivity index (χ0v) is 10.6. The Bertz CT molecular complexity index is 671. The van der Waals surface area contributed by atoms with Crippen LogP contribution in [0.1, 0.15) is 25.7 Å². The van der Waals surface area contributed by atoms with Crippen LogP contribution < -0.4 is 0 Å². The van der Waals surface area contributed by atoms with Crippen LogP contribution in [0.3, 0.4) is 0 Å². The topological polar surface area (TPSA) is 62.7 Å². The van der Waals surface area contributed by atoms with E-state index in [2.05, 4.69) is 16.2 Å². The van der Waals surface area contributed by atoms with Gasteiger partial charge in [-0.3, -0.25) is 0 Å². The predicted molar refractivity (Wildman–Crippen MR) is 65.3 cm³/mol. The second kappa shape index (κ2) is 3.89. The highest BCUT2D eigenvalue weighted by atomic mass is 19.1. The summed E-state index contributed by atoms with van der Waals surface area (Å²) in [6, 6.07) is 8.28. The molecule has 1 heterocycles. The van der Waals surface area contributed by atoms with E-state index in [-0.39, 0.29) is 23.1 Å². The molecule has 1 aromatic carbocycles. The van der Waals surface area contributed by atoms with Gasteiger partial charge in [0.15, 0.2) is 0 Å². The van der Waals surface area contributed by atoms with E-state index < -0.39 is 0 Å². The lowest BCUT2D eigenvalue weighted by Crippen LogP contribution is -1.90. The number of hydrogen-bond acceptors (Lipinski definition) is 4. The Balaban J connectivity index is 1.92. The van der Waals surface area contributed by atoms with Crippen LogP contribution >= 0.6 is 0 Å². The number of benzene rings is 1. The van der Waals surface area contributed by atoms with Crippen molar-refractivity contribution in [2.24, 2.45) is 11.3 Å². The molecule has 0 spiro atoms. The van der Waals surface area contributed by atoms with E-state index in [9.17, 15) is 4.39 Å². The van der Waals surface area contributed by atoms with Gasteiger partial charge in [0.25, 0.3) is 0 Å². The van der Waals surface area contributed by atoms with E-state index in [0.717, 1.165) is 0 Å². The van der Waals surface area contributed by atoms with Gasteiger partial charge in [0, 0.05) is 5.56 Å².